The summed E-state index contributed by atoms with van der Waals surface area (Å²) in [6.45, 7) is 0. The number of hydrogen-bond acceptors (Lipinski definition) is 4. The van der Waals surface area contributed by atoms with Crippen molar-refractivity contribution in [1.82, 2.24) is 10.0 Å². The minimum atomic E-state index is -0.574. The fourth-order valence-electron chi connectivity index (χ4n) is 0.950. The van der Waals surface area contributed by atoms with Crippen molar-refractivity contribution in [2.75, 3.05) is 14.1 Å². The molecule has 58 valence electrons. The number of nitrogens with zero attached hydrogens (tertiary/aromatic N) is 2. The van der Waals surface area contributed by atoms with Crippen LogP contribution in [0.5, 0.6) is 0 Å². The van der Waals surface area contributed by atoms with Crippen LogP contribution in [0.25, 0.3) is 0 Å². The molecule has 0 aromatic carbocycles. The number of nitrogens with two attached hydrogens (primary N) is 2. The van der Waals surface area contributed by atoms with Gasteiger partial charge in [0.25, 0.3) is 5.91 Å². The quantitative estimate of drug-likeness (QED) is 0.409. The minimum Gasteiger partial charge on any atom is -0.317 e. The Hall–Kier alpha value is -0.650. The normalized spacial score (nSPS) is 35.6. The zero-order valence-electron chi connectivity index (χ0n) is 6.11. The van der Waals surface area contributed by atoms with E-state index in [1.54, 1.807) is 19.1 Å². The number of likely N-dealkylation sites (N-methyl/N-ethyl adjacent to an activating group) is 2. The van der Waals surface area contributed by atoms with Crippen molar-refractivity contribution in [3.63, 3.8) is 0 Å². The van der Waals surface area contributed by atoms with E-state index < -0.39 is 6.04 Å². The minimum absolute atomic E-state index is 0.130. The van der Waals surface area contributed by atoms with Crippen molar-refractivity contribution in [2.45, 2.75) is 12.2 Å². The summed E-state index contributed by atoms with van der Waals surface area (Å²) in [4.78, 5) is 11.0. The number of carbonyl (C=O) groups is 1. The lowest BCUT2D eigenvalue weighted by atomic mass is 10.3. The van der Waals surface area contributed by atoms with E-state index in [4.69, 9.17) is 11.5 Å². The highest BCUT2D eigenvalue weighted by atomic mass is 16.2. The number of hydrogen-bond donors (Lipinski definition) is 2. The van der Waals surface area contributed by atoms with Crippen molar-refractivity contribution in [1.29, 1.82) is 0 Å². The lowest BCUT2D eigenvalue weighted by Crippen LogP contribution is -2.46. The SMILES string of the molecule is CN1C(=O)C(N)C(N)N1C. The number of hydrazine groups is 1. The zero-order chi connectivity index (χ0) is 7.89. The van der Waals surface area contributed by atoms with Gasteiger partial charge in [-0.25, -0.2) is 5.01 Å². The third kappa shape index (κ3) is 0.792. The summed E-state index contributed by atoms with van der Waals surface area (Å²) in [5.41, 5.74) is 11.0. The van der Waals surface area contributed by atoms with Crippen molar-refractivity contribution in [2.24, 2.45) is 11.5 Å². The van der Waals surface area contributed by atoms with Crippen molar-refractivity contribution in [3.05, 3.63) is 0 Å². The van der Waals surface area contributed by atoms with Crippen LogP contribution in [0, 0.1) is 0 Å². The number of amides is 1. The Morgan fingerprint density at radius 1 is 1.40 bits per heavy atom. The van der Waals surface area contributed by atoms with E-state index in [2.05, 4.69) is 0 Å². The van der Waals surface area contributed by atoms with E-state index in [-0.39, 0.29) is 12.1 Å². The molecule has 0 saturated carbocycles. The van der Waals surface area contributed by atoms with E-state index >= 15 is 0 Å². The van der Waals surface area contributed by atoms with E-state index in [1.807, 2.05) is 0 Å². The molecule has 1 aliphatic rings. The largest absolute Gasteiger partial charge is 0.317 e. The Labute approximate surface area is 59.5 Å². The average molecular weight is 144 g/mol. The number of rotatable bonds is 0. The highest BCUT2D eigenvalue weighted by molar-refractivity contribution is 5.83. The first-order chi connectivity index (χ1) is 4.55. The molecule has 0 spiro atoms. The molecule has 0 radical (unpaired) electrons. The Bertz CT molecular complexity index is 144. The first-order valence-electron chi connectivity index (χ1n) is 3.07. The number of carbonyl (C=O) groups excluding carboxylic acids is 1. The van der Waals surface area contributed by atoms with Gasteiger partial charge in [-0.05, 0) is 0 Å². The van der Waals surface area contributed by atoms with Gasteiger partial charge in [0.15, 0.2) is 0 Å². The van der Waals surface area contributed by atoms with Gasteiger partial charge in [-0.15, -0.1) is 0 Å². The van der Waals surface area contributed by atoms with Gasteiger partial charge in [-0.2, -0.15) is 0 Å². The van der Waals surface area contributed by atoms with Gasteiger partial charge in [0.1, 0.15) is 12.2 Å². The van der Waals surface area contributed by atoms with Gasteiger partial charge in [0.2, 0.25) is 0 Å². The van der Waals surface area contributed by atoms with Gasteiger partial charge in [-0.1, -0.05) is 0 Å². The maximum atomic E-state index is 11.0. The molecule has 2 atom stereocenters. The summed E-state index contributed by atoms with van der Waals surface area (Å²) in [6.07, 6.45) is -0.377. The molecule has 1 heterocycles. The molecule has 0 aromatic rings. The summed E-state index contributed by atoms with van der Waals surface area (Å²) in [5, 5.41) is 3.04. The maximum absolute atomic E-state index is 11.0. The van der Waals surface area contributed by atoms with Gasteiger partial charge in [0.05, 0.1) is 0 Å². The maximum Gasteiger partial charge on any atom is 0.256 e. The van der Waals surface area contributed by atoms with E-state index in [0.717, 1.165) is 0 Å². The van der Waals surface area contributed by atoms with Crippen molar-refractivity contribution < 1.29 is 4.79 Å². The molecule has 10 heavy (non-hydrogen) atoms. The zero-order valence-corrected chi connectivity index (χ0v) is 6.11. The molecule has 1 saturated heterocycles. The molecule has 0 aliphatic carbocycles. The molecule has 1 rings (SSSR count). The highest BCUT2D eigenvalue weighted by Crippen LogP contribution is 2.09. The summed E-state index contributed by atoms with van der Waals surface area (Å²) in [6, 6.07) is -0.574. The lowest BCUT2D eigenvalue weighted by molar-refractivity contribution is -0.135. The Morgan fingerprint density at radius 3 is 2.00 bits per heavy atom. The standard InChI is InChI=1S/C5H12N4O/c1-8-4(7)3(6)5(10)9(8)2/h3-4H,6-7H2,1-2H3. The van der Waals surface area contributed by atoms with Crippen molar-refractivity contribution in [3.8, 4) is 0 Å². The first-order valence-corrected chi connectivity index (χ1v) is 3.07. The van der Waals surface area contributed by atoms with Crippen LogP contribution in [0.3, 0.4) is 0 Å². The molecule has 4 N–H and O–H groups in total. The summed E-state index contributed by atoms with van der Waals surface area (Å²) >= 11 is 0. The second-order valence-corrected chi connectivity index (χ2v) is 2.45. The van der Waals surface area contributed by atoms with Crippen LogP contribution in [0.4, 0.5) is 0 Å². The molecule has 2 unspecified atom stereocenters. The second-order valence-electron chi connectivity index (χ2n) is 2.45. The topological polar surface area (TPSA) is 75.6 Å². The average Bonchev–Trinajstić information content (AvgIpc) is 2.07. The highest BCUT2D eigenvalue weighted by Gasteiger charge is 2.37. The van der Waals surface area contributed by atoms with E-state index in [9.17, 15) is 4.79 Å². The molecule has 1 amide bonds. The molecule has 1 fully saturated rings. The van der Waals surface area contributed by atoms with Gasteiger partial charge in [0, 0.05) is 14.1 Å². The summed E-state index contributed by atoms with van der Waals surface area (Å²) < 4.78 is 0. The van der Waals surface area contributed by atoms with Gasteiger partial charge < -0.3 is 11.5 Å². The van der Waals surface area contributed by atoms with Gasteiger partial charge in [-0.3, -0.25) is 9.80 Å². The Morgan fingerprint density at radius 2 is 1.90 bits per heavy atom. The predicted octanol–water partition coefficient (Wildman–Crippen LogP) is -2.08. The van der Waals surface area contributed by atoms with Crippen LogP contribution in [0.15, 0.2) is 0 Å². The van der Waals surface area contributed by atoms with Crippen LogP contribution in [0.1, 0.15) is 0 Å². The van der Waals surface area contributed by atoms with Crippen molar-refractivity contribution >= 4 is 5.91 Å². The van der Waals surface area contributed by atoms with Crippen LogP contribution in [-0.4, -0.2) is 42.2 Å². The monoisotopic (exact) mass is 144 g/mol. The summed E-state index contributed by atoms with van der Waals surface area (Å²) in [5.74, 6) is -0.130. The van der Waals surface area contributed by atoms with E-state index in [1.165, 1.54) is 5.01 Å². The molecule has 5 heteroatoms. The smallest absolute Gasteiger partial charge is 0.256 e. The van der Waals surface area contributed by atoms with Crippen LogP contribution >= 0.6 is 0 Å². The van der Waals surface area contributed by atoms with Gasteiger partial charge >= 0.3 is 0 Å². The first kappa shape index (κ1) is 7.46. The summed E-state index contributed by atoms with van der Waals surface area (Å²) in [7, 11) is 3.38. The Kier molecular flexibility index (Phi) is 1.63. The second kappa shape index (κ2) is 2.19. The molecule has 1 aliphatic heterocycles. The van der Waals surface area contributed by atoms with E-state index in [0.29, 0.717) is 0 Å². The lowest BCUT2D eigenvalue weighted by Gasteiger charge is -2.21. The predicted molar refractivity (Wildman–Crippen MR) is 36.5 cm³/mol. The molecule has 0 aromatic heterocycles. The fourth-order valence-corrected chi connectivity index (χ4v) is 0.950. The third-order valence-electron chi connectivity index (χ3n) is 1.88. The Balaban J connectivity index is 2.78. The third-order valence-corrected chi connectivity index (χ3v) is 1.88. The van der Waals surface area contributed by atoms with Crippen LogP contribution < -0.4 is 11.5 Å². The molecular formula is C5H12N4O. The molecule has 0 bridgehead atoms. The van der Waals surface area contributed by atoms with Crippen LogP contribution in [0.2, 0.25) is 0 Å². The molecular weight excluding hydrogens is 132 g/mol. The molecule has 5 nitrogen and oxygen atoms in total. The van der Waals surface area contributed by atoms with Crippen LogP contribution in [-0.2, 0) is 4.79 Å². The fraction of sp³-hybridized carbons (Fsp3) is 0.800.